The van der Waals surface area contributed by atoms with Gasteiger partial charge in [0.05, 0.1) is 0 Å². The molecule has 0 N–H and O–H groups in total. The van der Waals surface area contributed by atoms with Crippen molar-refractivity contribution in [2.45, 2.75) is 38.9 Å². The molecular weight excluding hydrogens is 227 g/mol. The van der Waals surface area contributed by atoms with Gasteiger partial charge in [-0.2, -0.15) is 0 Å². The molecule has 0 atom stereocenters. The molecule has 0 fully saturated rings. The molecule has 0 aliphatic heterocycles. The van der Waals surface area contributed by atoms with Crippen LogP contribution in [0.4, 0.5) is 0 Å². The molecule has 84 valence electrons. The van der Waals surface area contributed by atoms with E-state index in [4.69, 9.17) is 4.43 Å². The van der Waals surface area contributed by atoms with Crippen LogP contribution < -0.4 is 39.1 Å². The molecule has 1 rings (SSSR count). The van der Waals surface area contributed by atoms with Crippen molar-refractivity contribution in [1.29, 1.82) is 0 Å². The second kappa shape index (κ2) is 5.58. The van der Waals surface area contributed by atoms with Crippen LogP contribution >= 0.6 is 0 Å². The second-order valence-corrected chi connectivity index (χ2v) is 10.1. The van der Waals surface area contributed by atoms with Gasteiger partial charge in [0.2, 0.25) is 8.32 Å². The fraction of sp³-hybridized carbons (Fsp3) is 0.500. The zero-order chi connectivity index (χ0) is 11.7. The van der Waals surface area contributed by atoms with Gasteiger partial charge in [-0.1, -0.05) is 32.9 Å². The first-order valence-electron chi connectivity index (χ1n) is 5.18. The van der Waals surface area contributed by atoms with E-state index in [1.807, 2.05) is 0 Å². The molecule has 0 radical (unpaired) electrons. The number of hydrogen-bond acceptors (Lipinski definition) is 2. The zero-order valence-electron chi connectivity index (χ0n) is 11.1. The molecule has 0 heterocycles. The van der Waals surface area contributed by atoms with Gasteiger partial charge in [-0.3, -0.25) is 0 Å². The molecule has 0 aliphatic rings. The Morgan fingerprint density at radius 3 is 1.88 bits per heavy atom. The Hall–Kier alpha value is 0.0369. The van der Waals surface area contributed by atoms with Crippen molar-refractivity contribution in [3.63, 3.8) is 0 Å². The summed E-state index contributed by atoms with van der Waals surface area (Å²) in [6.45, 7) is 11.0. The van der Waals surface area contributed by atoms with E-state index >= 15 is 0 Å². The predicted octanol–water partition coefficient (Wildman–Crippen LogP) is 0.148. The van der Waals surface area contributed by atoms with E-state index in [-0.39, 0.29) is 40.3 Å². The van der Waals surface area contributed by atoms with Crippen LogP contribution in [-0.4, -0.2) is 8.32 Å². The Labute approximate surface area is 121 Å². The molecule has 0 bridgehead atoms. The summed E-state index contributed by atoms with van der Waals surface area (Å²) in [4.78, 5) is 0. The molecule has 0 amide bonds. The molecule has 2 nitrogen and oxygen atoms in total. The van der Waals surface area contributed by atoms with Gasteiger partial charge in [0.25, 0.3) is 0 Å². The maximum Gasteiger partial charge on any atom is 1.00 e. The summed E-state index contributed by atoms with van der Waals surface area (Å²) in [5.41, 5.74) is 0. The van der Waals surface area contributed by atoms with Crippen molar-refractivity contribution in [3.05, 3.63) is 24.3 Å². The molecule has 0 saturated carbocycles. The van der Waals surface area contributed by atoms with Gasteiger partial charge >= 0.3 is 29.6 Å². The van der Waals surface area contributed by atoms with E-state index in [2.05, 4.69) is 33.9 Å². The minimum Gasteiger partial charge on any atom is -0.872 e. The van der Waals surface area contributed by atoms with Crippen LogP contribution in [-0.2, 0) is 0 Å². The third-order valence-electron chi connectivity index (χ3n) is 3.00. The molecular formula is C12H19NaO2Si. The van der Waals surface area contributed by atoms with Gasteiger partial charge in [0, 0.05) is 0 Å². The van der Waals surface area contributed by atoms with Crippen molar-refractivity contribution in [3.8, 4) is 11.5 Å². The average molecular weight is 246 g/mol. The van der Waals surface area contributed by atoms with E-state index in [1.165, 1.54) is 0 Å². The Kier molecular flexibility index (Phi) is 5.60. The van der Waals surface area contributed by atoms with Gasteiger partial charge in [-0.15, -0.1) is 5.75 Å². The smallest absolute Gasteiger partial charge is 0.872 e. The molecule has 0 saturated heterocycles. The molecule has 0 aromatic heterocycles. The van der Waals surface area contributed by atoms with Crippen LogP contribution in [0, 0.1) is 0 Å². The van der Waals surface area contributed by atoms with Crippen molar-refractivity contribution in [2.24, 2.45) is 0 Å². The van der Waals surface area contributed by atoms with Gasteiger partial charge in [0.1, 0.15) is 5.75 Å². The number of hydrogen-bond donors (Lipinski definition) is 0. The standard InChI is InChI=1S/C12H20O2Si.Na/c1-12(2,3)15(4,5)14-11-8-6-10(13)7-9-11;/h6-9,13H,1-5H3;/q;+1/p-1. The normalized spacial score (nSPS) is 11.8. The van der Waals surface area contributed by atoms with E-state index < -0.39 is 8.32 Å². The van der Waals surface area contributed by atoms with Gasteiger partial charge in [-0.25, -0.2) is 0 Å². The van der Waals surface area contributed by atoms with E-state index in [0.717, 1.165) is 5.75 Å². The maximum absolute atomic E-state index is 10.9. The molecule has 0 unspecified atom stereocenters. The molecule has 1 aromatic rings. The van der Waals surface area contributed by atoms with E-state index in [9.17, 15) is 5.11 Å². The molecule has 1 aromatic carbocycles. The predicted molar refractivity (Wildman–Crippen MR) is 63.7 cm³/mol. The largest absolute Gasteiger partial charge is 1.00 e. The van der Waals surface area contributed by atoms with Crippen LogP contribution in [0.1, 0.15) is 20.8 Å². The van der Waals surface area contributed by atoms with Gasteiger partial charge in [0.15, 0.2) is 0 Å². The quantitative estimate of drug-likeness (QED) is 0.696. The summed E-state index contributed by atoms with van der Waals surface area (Å²) in [7, 11) is -1.77. The maximum atomic E-state index is 10.9. The van der Waals surface area contributed by atoms with Crippen LogP contribution in [0.15, 0.2) is 24.3 Å². The van der Waals surface area contributed by atoms with Crippen LogP contribution in [0.3, 0.4) is 0 Å². The monoisotopic (exact) mass is 246 g/mol. The van der Waals surface area contributed by atoms with Gasteiger partial charge in [-0.05, 0) is 30.3 Å². The Morgan fingerprint density at radius 2 is 1.50 bits per heavy atom. The summed E-state index contributed by atoms with van der Waals surface area (Å²) >= 11 is 0. The minimum absolute atomic E-state index is 0. The van der Waals surface area contributed by atoms with Crippen molar-refractivity contribution in [2.75, 3.05) is 0 Å². The Morgan fingerprint density at radius 1 is 1.06 bits per heavy atom. The van der Waals surface area contributed by atoms with Crippen LogP contribution in [0.5, 0.6) is 11.5 Å². The summed E-state index contributed by atoms with van der Waals surface area (Å²) in [5, 5.41) is 11.1. The Bertz CT molecular complexity index is 328. The van der Waals surface area contributed by atoms with Crippen LogP contribution in [0.2, 0.25) is 18.1 Å². The topological polar surface area (TPSA) is 32.3 Å². The van der Waals surface area contributed by atoms with E-state index in [0.29, 0.717) is 0 Å². The molecule has 4 heteroatoms. The second-order valence-electron chi connectivity index (χ2n) is 5.33. The minimum atomic E-state index is -1.77. The molecule has 0 aliphatic carbocycles. The van der Waals surface area contributed by atoms with E-state index in [1.54, 1.807) is 24.3 Å². The first-order valence-corrected chi connectivity index (χ1v) is 8.09. The number of rotatable bonds is 2. The third-order valence-corrected chi connectivity index (χ3v) is 7.36. The fourth-order valence-electron chi connectivity index (χ4n) is 0.955. The molecule has 16 heavy (non-hydrogen) atoms. The third kappa shape index (κ3) is 4.13. The average Bonchev–Trinajstić information content (AvgIpc) is 2.06. The van der Waals surface area contributed by atoms with Crippen molar-refractivity contribution >= 4 is 8.32 Å². The fourth-order valence-corrected chi connectivity index (χ4v) is 1.99. The molecule has 0 spiro atoms. The first-order chi connectivity index (χ1) is 6.72. The zero-order valence-corrected chi connectivity index (χ0v) is 14.1. The van der Waals surface area contributed by atoms with Gasteiger partial charge < -0.3 is 9.53 Å². The summed E-state index contributed by atoms with van der Waals surface area (Å²) < 4.78 is 6.02. The summed E-state index contributed by atoms with van der Waals surface area (Å²) in [6.07, 6.45) is 0. The summed E-state index contributed by atoms with van der Waals surface area (Å²) in [6, 6.07) is 6.59. The summed E-state index contributed by atoms with van der Waals surface area (Å²) in [5.74, 6) is 0.832. The number of benzene rings is 1. The SMILES string of the molecule is CC(C)(C)[Si](C)(C)Oc1ccc([O-])cc1.[Na+]. The Balaban J connectivity index is 0.00000225. The van der Waals surface area contributed by atoms with Crippen molar-refractivity contribution < 1.29 is 39.1 Å². The van der Waals surface area contributed by atoms with Crippen LogP contribution in [0.25, 0.3) is 0 Å². The first kappa shape index (κ1) is 16.0. The van der Waals surface area contributed by atoms with Crippen molar-refractivity contribution in [1.82, 2.24) is 0 Å².